The molecule has 5 heteroatoms. The molecule has 0 saturated carbocycles. The minimum atomic E-state index is -1.29. The number of rotatable bonds is 4. The van der Waals surface area contributed by atoms with Crippen molar-refractivity contribution in [2.24, 2.45) is 0 Å². The number of fused-ring (bicyclic) bond motifs is 1. The normalized spacial score (nSPS) is 12.2. The molecule has 2 aromatic rings. The molecule has 128 valence electrons. The van der Waals surface area contributed by atoms with E-state index in [2.05, 4.69) is 80.3 Å². The fourth-order valence-electron chi connectivity index (χ4n) is 2.16. The molecular formula is C19H24Cl2OSiZr. The van der Waals surface area contributed by atoms with E-state index in [1.54, 1.807) is 0 Å². The molecule has 0 aromatic heterocycles. The molecule has 0 bridgehead atoms. The second-order valence-electron chi connectivity index (χ2n) is 6.17. The van der Waals surface area contributed by atoms with Gasteiger partial charge in [0.25, 0.3) is 0 Å². The molecule has 0 heterocycles. The van der Waals surface area contributed by atoms with Crippen LogP contribution >= 0.6 is 0 Å². The fraction of sp³-hybridized carbons (Fsp3) is 0.316. The van der Waals surface area contributed by atoms with Gasteiger partial charge in [0, 0.05) is 6.61 Å². The molecule has 0 radical (unpaired) electrons. The minimum Gasteiger partial charge on any atom is -1.00 e. The van der Waals surface area contributed by atoms with Crippen molar-refractivity contribution in [2.45, 2.75) is 32.5 Å². The van der Waals surface area contributed by atoms with Gasteiger partial charge in [-0.2, -0.15) is 23.6 Å². The van der Waals surface area contributed by atoms with Gasteiger partial charge in [0.05, 0.1) is 0 Å². The Morgan fingerprint density at radius 2 is 1.83 bits per heavy atom. The Hall–Kier alpha value is -0.0500. The third-order valence-corrected chi connectivity index (χ3v) is 4.29. The molecule has 0 amide bonds. The van der Waals surface area contributed by atoms with Crippen molar-refractivity contribution in [1.82, 2.24) is 0 Å². The first-order chi connectivity index (χ1) is 10.0. The van der Waals surface area contributed by atoms with E-state index >= 15 is 0 Å². The van der Waals surface area contributed by atoms with Crippen LogP contribution in [0.1, 0.15) is 12.8 Å². The van der Waals surface area contributed by atoms with Gasteiger partial charge in [-0.3, -0.25) is 6.08 Å². The molecule has 3 rings (SSSR count). The van der Waals surface area contributed by atoms with E-state index in [0.717, 1.165) is 19.4 Å². The molecular weight excluding hydrogens is 434 g/mol. The van der Waals surface area contributed by atoms with Crippen LogP contribution in [0.15, 0.2) is 60.2 Å². The maximum Gasteiger partial charge on any atom is 4.00 e. The van der Waals surface area contributed by atoms with Gasteiger partial charge in [0.15, 0.2) is 8.32 Å². The largest absolute Gasteiger partial charge is 4.00 e. The van der Waals surface area contributed by atoms with Crippen LogP contribution in [0, 0.1) is 6.08 Å². The summed E-state index contributed by atoms with van der Waals surface area (Å²) in [5.41, 5.74) is 1.31. The fourth-order valence-corrected chi connectivity index (χ4v) is 2.87. The molecule has 0 atom stereocenters. The first-order valence-corrected chi connectivity index (χ1v) is 11.0. The summed E-state index contributed by atoms with van der Waals surface area (Å²) in [6.45, 7) is 7.52. The molecule has 1 aliphatic carbocycles. The van der Waals surface area contributed by atoms with Crippen LogP contribution in [-0.4, -0.2) is 14.9 Å². The molecule has 0 unspecified atom stereocenters. The maximum absolute atomic E-state index is 5.74. The van der Waals surface area contributed by atoms with Crippen molar-refractivity contribution in [1.29, 1.82) is 0 Å². The third kappa shape index (κ3) is 10.1. The van der Waals surface area contributed by atoms with Crippen LogP contribution in [0.25, 0.3) is 10.8 Å². The van der Waals surface area contributed by atoms with Gasteiger partial charge in [-0.15, -0.1) is 36.1 Å². The standard InChI is InChI=1S/C10H17OSi.C9H7.2ClH.Zr/c1-12(2,3)11-9-8-10-6-4-5-7-10;1-2-5-9-7-3-6-8(9)4-1;;;/h4,6H,5,8-9H2,1-3H3;1-7H;2*1H;/q2*-1;;;+4/p-2. The van der Waals surface area contributed by atoms with Crippen LogP contribution in [0.5, 0.6) is 0 Å². The molecule has 2 aromatic carbocycles. The Morgan fingerprint density at radius 3 is 2.42 bits per heavy atom. The summed E-state index contributed by atoms with van der Waals surface area (Å²) in [5.74, 6) is 0. The molecule has 0 fully saturated rings. The van der Waals surface area contributed by atoms with Crippen LogP contribution in [0.3, 0.4) is 0 Å². The quantitative estimate of drug-likeness (QED) is 0.443. The first-order valence-electron chi connectivity index (χ1n) is 7.55. The van der Waals surface area contributed by atoms with Crippen LogP contribution in [0.4, 0.5) is 0 Å². The SMILES string of the molecule is C[Si](C)(C)OCCC1=[C-]CC=C1.[Cl-].[Cl-].[Zr+4].c1ccc2[cH-]ccc2c1. The summed E-state index contributed by atoms with van der Waals surface area (Å²) >= 11 is 0. The van der Waals surface area contributed by atoms with E-state index in [-0.39, 0.29) is 51.0 Å². The van der Waals surface area contributed by atoms with Gasteiger partial charge >= 0.3 is 26.2 Å². The summed E-state index contributed by atoms with van der Waals surface area (Å²) < 4.78 is 5.74. The third-order valence-electron chi connectivity index (χ3n) is 3.22. The number of allylic oxidation sites excluding steroid dienone is 3. The smallest absolute Gasteiger partial charge is 1.00 e. The van der Waals surface area contributed by atoms with Crippen LogP contribution < -0.4 is 24.8 Å². The molecule has 0 spiro atoms. The van der Waals surface area contributed by atoms with Gasteiger partial charge < -0.3 is 29.2 Å². The van der Waals surface area contributed by atoms with E-state index < -0.39 is 8.32 Å². The monoisotopic (exact) mass is 456 g/mol. The maximum atomic E-state index is 5.74. The van der Waals surface area contributed by atoms with Gasteiger partial charge in [0.1, 0.15) is 0 Å². The molecule has 1 nitrogen and oxygen atoms in total. The van der Waals surface area contributed by atoms with Crippen molar-refractivity contribution in [3.8, 4) is 0 Å². The number of hydrogen-bond donors (Lipinski definition) is 0. The van der Waals surface area contributed by atoms with E-state index in [4.69, 9.17) is 4.43 Å². The minimum absolute atomic E-state index is 0. The Balaban J connectivity index is 0. The number of hydrogen-bond acceptors (Lipinski definition) is 1. The molecule has 24 heavy (non-hydrogen) atoms. The van der Waals surface area contributed by atoms with Crippen molar-refractivity contribution >= 4 is 19.1 Å². The van der Waals surface area contributed by atoms with Crippen LogP contribution in [0.2, 0.25) is 19.6 Å². The van der Waals surface area contributed by atoms with Crippen molar-refractivity contribution < 1.29 is 55.4 Å². The first kappa shape index (κ1) is 26.2. The molecule has 0 saturated heterocycles. The average Bonchev–Trinajstić information content (AvgIpc) is 3.08. The van der Waals surface area contributed by atoms with E-state index in [1.165, 1.54) is 16.3 Å². The zero-order chi connectivity index (χ0) is 15.1. The second kappa shape index (κ2) is 13.2. The molecule has 0 aliphatic heterocycles. The zero-order valence-corrected chi connectivity index (χ0v) is 19.5. The van der Waals surface area contributed by atoms with E-state index in [0.29, 0.717) is 0 Å². The number of benzene rings is 1. The van der Waals surface area contributed by atoms with E-state index in [9.17, 15) is 0 Å². The van der Waals surface area contributed by atoms with Crippen LogP contribution in [-0.2, 0) is 30.6 Å². The Morgan fingerprint density at radius 1 is 1.12 bits per heavy atom. The van der Waals surface area contributed by atoms with E-state index in [1.807, 2.05) is 0 Å². The Kier molecular flexibility index (Phi) is 14.4. The van der Waals surface area contributed by atoms with Crippen molar-refractivity contribution in [3.63, 3.8) is 0 Å². The Bertz CT molecular complexity index is 599. The Labute approximate surface area is 179 Å². The summed E-state index contributed by atoms with van der Waals surface area (Å²) in [4.78, 5) is 0. The van der Waals surface area contributed by atoms with Gasteiger partial charge in [-0.25, -0.2) is 11.6 Å². The molecule has 1 aliphatic rings. The predicted molar refractivity (Wildman–Crippen MR) is 94.0 cm³/mol. The predicted octanol–water partition coefficient (Wildman–Crippen LogP) is -0.518. The summed E-state index contributed by atoms with van der Waals surface area (Å²) in [5, 5.41) is 2.66. The summed E-state index contributed by atoms with van der Waals surface area (Å²) in [6, 6.07) is 14.7. The summed E-state index contributed by atoms with van der Waals surface area (Å²) in [6.07, 6.45) is 9.59. The topological polar surface area (TPSA) is 9.23 Å². The van der Waals surface area contributed by atoms with Gasteiger partial charge in [-0.05, 0) is 26.1 Å². The molecule has 0 N–H and O–H groups in total. The van der Waals surface area contributed by atoms with Crippen molar-refractivity contribution in [3.05, 3.63) is 66.3 Å². The van der Waals surface area contributed by atoms with Gasteiger partial charge in [0.2, 0.25) is 0 Å². The summed E-state index contributed by atoms with van der Waals surface area (Å²) in [7, 11) is -1.29. The number of halogens is 2. The zero-order valence-electron chi connectivity index (χ0n) is 14.5. The van der Waals surface area contributed by atoms with Crippen molar-refractivity contribution in [2.75, 3.05) is 6.61 Å². The van der Waals surface area contributed by atoms with Gasteiger partial charge in [-0.1, -0.05) is 6.07 Å². The average molecular weight is 459 g/mol. The second-order valence-corrected chi connectivity index (χ2v) is 10.7.